The molecule has 1 heterocycles. The summed E-state index contributed by atoms with van der Waals surface area (Å²) >= 11 is 5.96. The van der Waals surface area contributed by atoms with Gasteiger partial charge in [0.2, 0.25) is 5.91 Å². The van der Waals surface area contributed by atoms with E-state index < -0.39 is 23.9 Å². The van der Waals surface area contributed by atoms with Gasteiger partial charge in [-0.15, -0.1) is 0 Å². The van der Waals surface area contributed by atoms with Gasteiger partial charge in [-0.05, 0) is 38.0 Å². The molecule has 1 aromatic carbocycles. The van der Waals surface area contributed by atoms with E-state index >= 15 is 0 Å². The quantitative estimate of drug-likeness (QED) is 0.731. The molecule has 28 heavy (non-hydrogen) atoms. The van der Waals surface area contributed by atoms with Crippen LogP contribution in [0.4, 0.5) is 5.69 Å². The average Bonchev–Trinajstić information content (AvgIpc) is 3.31. The molecule has 0 aromatic heterocycles. The Morgan fingerprint density at radius 3 is 2.68 bits per heavy atom. The van der Waals surface area contributed by atoms with Gasteiger partial charge in [-0.2, -0.15) is 0 Å². The second-order valence-electron chi connectivity index (χ2n) is 7.30. The number of likely N-dealkylation sites (tertiary alicyclic amines) is 1. The maximum Gasteiger partial charge on any atom is 0.312 e. The van der Waals surface area contributed by atoms with Gasteiger partial charge in [-0.1, -0.05) is 24.4 Å². The highest BCUT2D eigenvalue weighted by Gasteiger charge is 2.40. The van der Waals surface area contributed by atoms with Crippen LogP contribution in [-0.4, -0.2) is 48.5 Å². The molecule has 7 nitrogen and oxygen atoms in total. The lowest BCUT2D eigenvalue weighted by molar-refractivity contribution is -0.157. The molecule has 1 aromatic rings. The topological polar surface area (TPSA) is 84.9 Å². The predicted octanol–water partition coefficient (Wildman–Crippen LogP) is 3.01. The lowest BCUT2D eigenvalue weighted by atomic mass is 10.1. The van der Waals surface area contributed by atoms with Crippen molar-refractivity contribution in [1.82, 2.24) is 4.90 Å². The minimum Gasteiger partial charge on any atom is -0.495 e. The lowest BCUT2D eigenvalue weighted by Gasteiger charge is -2.24. The number of esters is 1. The van der Waals surface area contributed by atoms with Crippen LogP contribution in [0.25, 0.3) is 0 Å². The van der Waals surface area contributed by atoms with E-state index in [0.717, 1.165) is 25.7 Å². The Hall–Kier alpha value is -2.28. The van der Waals surface area contributed by atoms with Gasteiger partial charge >= 0.3 is 5.97 Å². The minimum atomic E-state index is -1.01. The Morgan fingerprint density at radius 1 is 1.29 bits per heavy atom. The summed E-state index contributed by atoms with van der Waals surface area (Å²) < 4.78 is 10.5. The largest absolute Gasteiger partial charge is 0.495 e. The van der Waals surface area contributed by atoms with Crippen molar-refractivity contribution in [3.63, 3.8) is 0 Å². The number of carbonyl (C=O) groups is 3. The molecule has 1 saturated carbocycles. The van der Waals surface area contributed by atoms with E-state index in [2.05, 4.69) is 5.32 Å². The number of hydrogen-bond acceptors (Lipinski definition) is 5. The molecule has 0 unspecified atom stereocenters. The molecule has 2 fully saturated rings. The number of nitrogens with one attached hydrogen (secondary N) is 1. The van der Waals surface area contributed by atoms with Crippen LogP contribution in [0.5, 0.6) is 5.75 Å². The van der Waals surface area contributed by atoms with Gasteiger partial charge in [0.1, 0.15) is 5.75 Å². The molecule has 1 aliphatic heterocycles. The van der Waals surface area contributed by atoms with Crippen LogP contribution in [0.2, 0.25) is 5.02 Å². The average molecular weight is 409 g/mol. The fraction of sp³-hybridized carbons (Fsp3) is 0.550. The smallest absolute Gasteiger partial charge is 0.312 e. The fourth-order valence-corrected chi connectivity index (χ4v) is 3.97. The second-order valence-corrected chi connectivity index (χ2v) is 7.73. The third-order valence-corrected chi connectivity index (χ3v) is 5.57. The van der Waals surface area contributed by atoms with E-state index in [0.29, 0.717) is 23.0 Å². The van der Waals surface area contributed by atoms with Crippen molar-refractivity contribution < 1.29 is 23.9 Å². The molecular weight excluding hydrogens is 384 g/mol. The number of halogens is 1. The third kappa shape index (κ3) is 4.58. The summed E-state index contributed by atoms with van der Waals surface area (Å²) in [6, 6.07) is 5.08. The van der Waals surface area contributed by atoms with E-state index in [1.807, 2.05) is 0 Å². The highest BCUT2D eigenvalue weighted by Crippen LogP contribution is 2.30. The number of anilines is 1. The molecule has 2 aliphatic rings. The number of amides is 2. The molecule has 1 saturated heterocycles. The number of methoxy groups -OCH3 is 1. The summed E-state index contributed by atoms with van der Waals surface area (Å²) in [6.45, 7) is 1.87. The zero-order valence-electron chi connectivity index (χ0n) is 16.1. The number of rotatable bonds is 6. The van der Waals surface area contributed by atoms with Crippen LogP contribution in [0.3, 0.4) is 0 Å². The molecule has 8 heteroatoms. The van der Waals surface area contributed by atoms with Crippen molar-refractivity contribution in [3.05, 3.63) is 23.2 Å². The first kappa shape index (κ1) is 20.5. The molecule has 3 rings (SSSR count). The van der Waals surface area contributed by atoms with Crippen LogP contribution in [-0.2, 0) is 19.1 Å². The summed E-state index contributed by atoms with van der Waals surface area (Å²) in [5, 5.41) is 3.10. The Balaban J connectivity index is 1.56. The van der Waals surface area contributed by atoms with Gasteiger partial charge in [0.25, 0.3) is 5.91 Å². The molecule has 1 aliphatic carbocycles. The Bertz CT molecular complexity index is 763. The minimum absolute atomic E-state index is 0.00498. The molecule has 0 radical (unpaired) electrons. The first-order valence-corrected chi connectivity index (χ1v) is 9.91. The normalized spacial score (nSPS) is 20.9. The Kier molecular flexibility index (Phi) is 6.44. The Morgan fingerprint density at radius 2 is 2.00 bits per heavy atom. The molecule has 0 spiro atoms. The number of hydrogen-bond donors (Lipinski definition) is 1. The Labute approximate surface area is 169 Å². The van der Waals surface area contributed by atoms with Crippen molar-refractivity contribution in [1.29, 1.82) is 0 Å². The van der Waals surface area contributed by atoms with Gasteiger partial charge in [0.15, 0.2) is 6.10 Å². The summed E-state index contributed by atoms with van der Waals surface area (Å²) in [4.78, 5) is 38.9. The zero-order chi connectivity index (χ0) is 20.3. The van der Waals surface area contributed by atoms with E-state index in [-0.39, 0.29) is 18.4 Å². The van der Waals surface area contributed by atoms with Crippen LogP contribution in [0.15, 0.2) is 18.2 Å². The highest BCUT2D eigenvalue weighted by atomic mass is 35.5. The summed E-state index contributed by atoms with van der Waals surface area (Å²) in [6.07, 6.45) is 3.36. The first-order chi connectivity index (χ1) is 13.4. The van der Waals surface area contributed by atoms with Crippen LogP contribution >= 0.6 is 11.6 Å². The van der Waals surface area contributed by atoms with E-state index in [9.17, 15) is 14.4 Å². The first-order valence-electron chi connectivity index (χ1n) is 9.53. The number of benzene rings is 1. The fourth-order valence-electron chi connectivity index (χ4n) is 3.79. The third-order valence-electron chi connectivity index (χ3n) is 5.34. The van der Waals surface area contributed by atoms with Crippen LogP contribution in [0, 0.1) is 5.92 Å². The van der Waals surface area contributed by atoms with Gasteiger partial charge in [0, 0.05) is 24.0 Å². The van der Waals surface area contributed by atoms with E-state index in [1.54, 1.807) is 23.1 Å². The molecule has 1 N–H and O–H groups in total. The second kappa shape index (κ2) is 8.82. The molecule has 2 amide bonds. The number of carbonyl (C=O) groups excluding carboxylic acids is 3. The maximum atomic E-state index is 12.5. The summed E-state index contributed by atoms with van der Waals surface area (Å²) in [5.41, 5.74) is 0.395. The standard InChI is InChI=1S/C20H25ClN2O5/c1-12(19(25)22-16-10-14(21)7-8-17(16)27-2)28-20(26)13-9-18(24)23(11-13)15-5-3-4-6-15/h7-8,10,12-13,15H,3-6,9,11H2,1-2H3,(H,22,25)/t12-,13+/m0/s1. The van der Waals surface area contributed by atoms with Crippen molar-refractivity contribution >= 4 is 35.1 Å². The maximum absolute atomic E-state index is 12.5. The van der Waals surface area contributed by atoms with Crippen LogP contribution < -0.4 is 10.1 Å². The number of nitrogens with zero attached hydrogens (tertiary/aromatic N) is 1. The van der Waals surface area contributed by atoms with Gasteiger partial charge in [-0.3, -0.25) is 14.4 Å². The monoisotopic (exact) mass is 408 g/mol. The molecule has 0 bridgehead atoms. The van der Waals surface area contributed by atoms with Crippen molar-refractivity contribution in [2.24, 2.45) is 5.92 Å². The van der Waals surface area contributed by atoms with Crippen molar-refractivity contribution in [2.75, 3.05) is 19.0 Å². The lowest BCUT2D eigenvalue weighted by Crippen LogP contribution is -2.36. The van der Waals surface area contributed by atoms with E-state index in [1.165, 1.54) is 14.0 Å². The highest BCUT2D eigenvalue weighted by molar-refractivity contribution is 6.31. The summed E-state index contributed by atoms with van der Waals surface area (Å²) in [5.74, 6) is -1.09. The molecule has 152 valence electrons. The van der Waals surface area contributed by atoms with Crippen molar-refractivity contribution in [3.8, 4) is 5.75 Å². The molecular formula is C20H25ClN2O5. The van der Waals surface area contributed by atoms with Gasteiger partial charge in [-0.25, -0.2) is 0 Å². The van der Waals surface area contributed by atoms with Crippen LogP contribution in [0.1, 0.15) is 39.0 Å². The van der Waals surface area contributed by atoms with Gasteiger partial charge in [0.05, 0.1) is 18.7 Å². The van der Waals surface area contributed by atoms with E-state index in [4.69, 9.17) is 21.1 Å². The summed E-state index contributed by atoms with van der Waals surface area (Å²) in [7, 11) is 1.48. The molecule has 2 atom stereocenters. The van der Waals surface area contributed by atoms with Crippen molar-refractivity contribution in [2.45, 2.75) is 51.2 Å². The number of ether oxygens (including phenoxy) is 2. The van der Waals surface area contributed by atoms with Gasteiger partial charge < -0.3 is 19.7 Å². The SMILES string of the molecule is COc1ccc(Cl)cc1NC(=O)[C@H](C)OC(=O)[C@@H]1CC(=O)N(C2CCCC2)C1. The zero-order valence-corrected chi connectivity index (χ0v) is 16.8. The predicted molar refractivity (Wildman–Crippen MR) is 104 cm³/mol.